The van der Waals surface area contributed by atoms with Crippen molar-refractivity contribution in [3.63, 3.8) is 0 Å². The number of nitrogens with one attached hydrogen (secondary N) is 2. The minimum Gasteiger partial charge on any atom is -0.444 e. The molecular weight excluding hydrogens is 460 g/mol. The predicted molar refractivity (Wildman–Crippen MR) is 138 cm³/mol. The van der Waals surface area contributed by atoms with E-state index in [0.717, 1.165) is 30.4 Å². The lowest BCUT2D eigenvalue weighted by Gasteiger charge is -2.35. The maximum absolute atomic E-state index is 14.1. The summed E-state index contributed by atoms with van der Waals surface area (Å²) in [4.78, 5) is 53.4. The van der Waals surface area contributed by atoms with Crippen LogP contribution in [-0.2, 0) is 19.1 Å². The minimum atomic E-state index is -1.07. The molecule has 4 N–H and O–H groups in total. The minimum absolute atomic E-state index is 0.00293. The summed E-state index contributed by atoms with van der Waals surface area (Å²) in [6.07, 6.45) is 1.62. The molecule has 1 aliphatic carbocycles. The van der Waals surface area contributed by atoms with Gasteiger partial charge in [-0.15, -0.1) is 0 Å². The fourth-order valence-electron chi connectivity index (χ4n) is 4.14. The zero-order valence-electron chi connectivity index (χ0n) is 22.4. The van der Waals surface area contributed by atoms with Crippen molar-refractivity contribution in [1.29, 1.82) is 0 Å². The van der Waals surface area contributed by atoms with Gasteiger partial charge in [-0.3, -0.25) is 14.4 Å². The summed E-state index contributed by atoms with van der Waals surface area (Å²) in [6, 6.07) is 5.37. The van der Waals surface area contributed by atoms with E-state index in [2.05, 4.69) is 10.6 Å². The van der Waals surface area contributed by atoms with Crippen LogP contribution < -0.4 is 16.4 Å². The van der Waals surface area contributed by atoms with Crippen molar-refractivity contribution in [2.24, 2.45) is 11.7 Å². The smallest absolute Gasteiger partial charge is 0.408 e. The number of nitrogens with zero attached hydrogens (tertiary/aromatic N) is 1. The molecule has 1 aromatic rings. The van der Waals surface area contributed by atoms with Gasteiger partial charge in [0, 0.05) is 19.0 Å². The first-order chi connectivity index (χ1) is 16.9. The molecule has 1 fully saturated rings. The average molecular weight is 503 g/mol. The average Bonchev–Trinajstić information content (AvgIpc) is 3.49. The quantitative estimate of drug-likeness (QED) is 0.377. The highest BCUT2D eigenvalue weighted by molar-refractivity contribution is 5.93. The Morgan fingerprint density at radius 1 is 1.19 bits per heavy atom. The lowest BCUT2D eigenvalue weighted by molar-refractivity contribution is -0.143. The largest absolute Gasteiger partial charge is 0.444 e. The van der Waals surface area contributed by atoms with Gasteiger partial charge in [0.1, 0.15) is 17.7 Å². The van der Waals surface area contributed by atoms with E-state index in [1.807, 2.05) is 45.0 Å². The summed E-state index contributed by atoms with van der Waals surface area (Å²) in [5.74, 6) is -1.09. The van der Waals surface area contributed by atoms with Gasteiger partial charge in [-0.25, -0.2) is 4.79 Å². The normalized spacial score (nSPS) is 18.5. The molecular formula is C27H42N4O5. The van der Waals surface area contributed by atoms with Gasteiger partial charge in [-0.1, -0.05) is 44.5 Å². The van der Waals surface area contributed by atoms with Gasteiger partial charge in [-0.05, 0) is 64.0 Å². The Labute approximate surface area is 214 Å². The van der Waals surface area contributed by atoms with Crippen LogP contribution in [0.1, 0.15) is 83.9 Å². The van der Waals surface area contributed by atoms with Crippen molar-refractivity contribution in [1.82, 2.24) is 15.5 Å². The summed E-state index contributed by atoms with van der Waals surface area (Å²) >= 11 is 0. The number of hydrogen-bond donors (Lipinski definition) is 3. The van der Waals surface area contributed by atoms with E-state index in [0.29, 0.717) is 6.54 Å². The molecule has 200 valence electrons. The van der Waals surface area contributed by atoms with Crippen molar-refractivity contribution in [2.45, 2.75) is 97.4 Å². The van der Waals surface area contributed by atoms with Crippen LogP contribution in [0.25, 0.3) is 0 Å². The van der Waals surface area contributed by atoms with E-state index in [1.54, 1.807) is 25.7 Å². The van der Waals surface area contributed by atoms with E-state index < -0.39 is 35.6 Å². The molecule has 0 radical (unpaired) electrons. The number of aryl methyl sites for hydroxylation is 1. The maximum atomic E-state index is 14.1. The standard InChI is InChI=1S/C27H42N4O5/c1-7-8-15-29-24(33)23(19-12-10-9-11-17(19)2)31(21-16-18(21)3)25(34)20(13-14-22(28)32)30-26(35)36-27(4,5)6/h9-12,18,20-21,23H,7-8,13-16H2,1-6H3,(H2,28,32)(H,29,33)(H,30,35). The number of ether oxygens (including phenoxy) is 1. The van der Waals surface area contributed by atoms with Gasteiger partial charge in [0.15, 0.2) is 0 Å². The van der Waals surface area contributed by atoms with E-state index in [1.165, 1.54) is 0 Å². The summed E-state index contributed by atoms with van der Waals surface area (Å²) in [5, 5.41) is 5.61. The molecule has 0 aromatic heterocycles. The first-order valence-corrected chi connectivity index (χ1v) is 12.8. The van der Waals surface area contributed by atoms with Crippen LogP contribution in [0.15, 0.2) is 24.3 Å². The second-order valence-electron chi connectivity index (χ2n) is 10.6. The van der Waals surface area contributed by atoms with Crippen LogP contribution in [0, 0.1) is 12.8 Å². The molecule has 1 aliphatic rings. The number of benzene rings is 1. The third-order valence-electron chi connectivity index (χ3n) is 6.19. The lowest BCUT2D eigenvalue weighted by Crippen LogP contribution is -2.54. The Morgan fingerprint density at radius 2 is 1.83 bits per heavy atom. The summed E-state index contributed by atoms with van der Waals surface area (Å²) in [6.45, 7) is 11.6. The molecule has 9 heteroatoms. The summed E-state index contributed by atoms with van der Waals surface area (Å²) in [7, 11) is 0. The molecule has 0 aliphatic heterocycles. The second kappa shape index (κ2) is 12.7. The number of rotatable bonds is 12. The highest BCUT2D eigenvalue weighted by atomic mass is 16.6. The summed E-state index contributed by atoms with van der Waals surface area (Å²) < 4.78 is 5.36. The highest BCUT2D eigenvalue weighted by Gasteiger charge is 2.48. The first-order valence-electron chi connectivity index (χ1n) is 12.8. The number of hydrogen-bond acceptors (Lipinski definition) is 5. The Balaban J connectivity index is 2.47. The number of amides is 4. The molecule has 0 bridgehead atoms. The first kappa shape index (κ1) is 29.1. The van der Waals surface area contributed by atoms with Crippen LogP contribution in [0.3, 0.4) is 0 Å². The molecule has 36 heavy (non-hydrogen) atoms. The van der Waals surface area contributed by atoms with Crippen LogP contribution in [0.2, 0.25) is 0 Å². The SMILES string of the molecule is CCCCNC(=O)C(c1ccccc1C)N(C(=O)C(CCC(N)=O)NC(=O)OC(C)(C)C)C1CC1C. The Hall–Kier alpha value is -3.10. The zero-order chi connectivity index (χ0) is 27.0. The molecule has 1 aromatic carbocycles. The van der Waals surface area contributed by atoms with E-state index in [4.69, 9.17) is 10.5 Å². The van der Waals surface area contributed by atoms with E-state index in [-0.39, 0.29) is 30.7 Å². The number of unbranched alkanes of at least 4 members (excludes halogenated alkanes) is 1. The van der Waals surface area contributed by atoms with Gasteiger partial charge in [0.05, 0.1) is 0 Å². The van der Waals surface area contributed by atoms with Crippen LogP contribution in [0.5, 0.6) is 0 Å². The van der Waals surface area contributed by atoms with E-state index >= 15 is 0 Å². The number of carbonyl (C=O) groups is 4. The van der Waals surface area contributed by atoms with Crippen LogP contribution in [-0.4, -0.2) is 52.9 Å². The molecule has 4 atom stereocenters. The van der Waals surface area contributed by atoms with Crippen molar-refractivity contribution in [3.8, 4) is 0 Å². The fraction of sp³-hybridized carbons (Fsp3) is 0.630. The molecule has 0 spiro atoms. The Morgan fingerprint density at radius 3 is 2.36 bits per heavy atom. The highest BCUT2D eigenvalue weighted by Crippen LogP contribution is 2.41. The Bertz CT molecular complexity index is 942. The number of primary amides is 1. The molecule has 2 rings (SSSR count). The monoisotopic (exact) mass is 502 g/mol. The lowest BCUT2D eigenvalue weighted by atomic mass is 9.97. The topological polar surface area (TPSA) is 131 Å². The molecule has 4 unspecified atom stereocenters. The van der Waals surface area contributed by atoms with Gasteiger partial charge >= 0.3 is 6.09 Å². The molecule has 0 saturated heterocycles. The third-order valence-corrected chi connectivity index (χ3v) is 6.19. The van der Waals surface area contributed by atoms with E-state index in [9.17, 15) is 19.2 Å². The summed E-state index contributed by atoms with van der Waals surface area (Å²) in [5.41, 5.74) is 6.20. The van der Waals surface area contributed by atoms with Crippen molar-refractivity contribution in [2.75, 3.05) is 6.54 Å². The number of nitrogens with two attached hydrogens (primary N) is 1. The number of alkyl carbamates (subject to hydrolysis) is 1. The molecule has 1 saturated carbocycles. The van der Waals surface area contributed by atoms with Crippen LogP contribution >= 0.6 is 0 Å². The van der Waals surface area contributed by atoms with Crippen molar-refractivity contribution >= 4 is 23.8 Å². The molecule has 0 heterocycles. The van der Waals surface area contributed by atoms with Crippen molar-refractivity contribution < 1.29 is 23.9 Å². The Kier molecular flexibility index (Phi) is 10.3. The predicted octanol–water partition coefficient (Wildman–Crippen LogP) is 3.35. The maximum Gasteiger partial charge on any atom is 0.408 e. The molecule has 4 amide bonds. The van der Waals surface area contributed by atoms with Gasteiger partial charge in [0.25, 0.3) is 0 Å². The third kappa shape index (κ3) is 8.53. The van der Waals surface area contributed by atoms with Gasteiger partial charge in [-0.2, -0.15) is 0 Å². The zero-order valence-corrected chi connectivity index (χ0v) is 22.4. The van der Waals surface area contributed by atoms with Crippen molar-refractivity contribution in [3.05, 3.63) is 35.4 Å². The number of carbonyl (C=O) groups excluding carboxylic acids is 4. The second-order valence-corrected chi connectivity index (χ2v) is 10.6. The van der Waals surface area contributed by atoms with Crippen LogP contribution in [0.4, 0.5) is 4.79 Å². The van der Waals surface area contributed by atoms with Gasteiger partial charge < -0.3 is 26.0 Å². The van der Waals surface area contributed by atoms with Gasteiger partial charge in [0.2, 0.25) is 17.7 Å². The fourth-order valence-corrected chi connectivity index (χ4v) is 4.14. The molecule has 9 nitrogen and oxygen atoms in total.